The third-order valence-electron chi connectivity index (χ3n) is 5.41. The summed E-state index contributed by atoms with van der Waals surface area (Å²) in [4.78, 5) is 39.7. The monoisotopic (exact) mass is 488 g/mol. The lowest BCUT2D eigenvalue weighted by molar-refractivity contribution is -0.116. The molecule has 1 unspecified atom stereocenters. The van der Waals surface area contributed by atoms with E-state index < -0.39 is 0 Å². The van der Waals surface area contributed by atoms with Gasteiger partial charge >= 0.3 is 5.97 Å². The summed E-state index contributed by atoms with van der Waals surface area (Å²) in [6.07, 6.45) is 6.33. The lowest BCUT2D eigenvalue weighted by Gasteiger charge is -2.13. The molecule has 8 heteroatoms. The van der Waals surface area contributed by atoms with Crippen molar-refractivity contribution < 1.29 is 19.1 Å². The van der Waals surface area contributed by atoms with Crippen LogP contribution < -0.4 is 10.6 Å². The van der Waals surface area contributed by atoms with Crippen molar-refractivity contribution in [2.45, 2.75) is 75.9 Å². The molecule has 0 fully saturated rings. The van der Waals surface area contributed by atoms with Crippen LogP contribution in [0.2, 0.25) is 0 Å². The number of carbonyl (C=O) groups excluding carboxylic acids is 3. The van der Waals surface area contributed by atoms with Gasteiger partial charge in [-0.15, -0.1) is 23.1 Å². The van der Waals surface area contributed by atoms with Crippen molar-refractivity contribution in [2.75, 3.05) is 17.2 Å². The summed E-state index contributed by atoms with van der Waals surface area (Å²) < 4.78 is 5.31. The SMILES string of the molecule is CCCC(=O)Nc1cccc(SC(C)C(=O)Nc2sc3c(c2C(=O)OCC)CCCCC3)c1. The van der Waals surface area contributed by atoms with Gasteiger partial charge in [0.15, 0.2) is 0 Å². The standard InChI is InChI=1S/C25H32N2O4S2/c1-4-10-21(28)26-17-11-9-12-18(15-17)32-16(3)23(29)27-24-22(25(30)31-5-2)19-13-7-6-8-14-20(19)33-24/h9,11-12,15-16H,4-8,10,13-14H2,1-3H3,(H,26,28)(H,27,29). The van der Waals surface area contributed by atoms with E-state index in [-0.39, 0.29) is 23.0 Å². The highest BCUT2D eigenvalue weighted by Crippen LogP contribution is 2.38. The summed E-state index contributed by atoms with van der Waals surface area (Å²) in [5.74, 6) is -0.542. The molecule has 0 radical (unpaired) electrons. The van der Waals surface area contributed by atoms with Gasteiger partial charge in [-0.2, -0.15) is 0 Å². The molecular formula is C25H32N2O4S2. The first kappa shape index (κ1) is 25.3. The van der Waals surface area contributed by atoms with Crippen LogP contribution >= 0.6 is 23.1 Å². The third kappa shape index (κ3) is 6.84. The molecule has 2 N–H and O–H groups in total. The molecule has 2 amide bonds. The largest absolute Gasteiger partial charge is 0.462 e. The van der Waals surface area contributed by atoms with Crippen molar-refractivity contribution in [3.05, 3.63) is 40.3 Å². The Labute approximate surface area is 203 Å². The zero-order chi connectivity index (χ0) is 23.8. The van der Waals surface area contributed by atoms with Crippen LogP contribution in [0.25, 0.3) is 0 Å². The highest BCUT2D eigenvalue weighted by atomic mass is 32.2. The smallest absolute Gasteiger partial charge is 0.341 e. The Morgan fingerprint density at radius 3 is 2.67 bits per heavy atom. The number of nitrogens with one attached hydrogen (secondary N) is 2. The van der Waals surface area contributed by atoms with E-state index in [4.69, 9.17) is 4.74 Å². The van der Waals surface area contributed by atoms with E-state index >= 15 is 0 Å². The topological polar surface area (TPSA) is 84.5 Å². The molecule has 1 aromatic carbocycles. The first-order chi connectivity index (χ1) is 15.9. The Bertz CT molecular complexity index is 1000. The molecule has 3 rings (SSSR count). The molecule has 1 aromatic heterocycles. The van der Waals surface area contributed by atoms with E-state index in [2.05, 4.69) is 10.6 Å². The predicted octanol–water partition coefficient (Wildman–Crippen LogP) is 6.05. The number of rotatable bonds is 9. The van der Waals surface area contributed by atoms with Crippen LogP contribution in [0.15, 0.2) is 29.2 Å². The normalized spacial score (nSPS) is 14.0. The lowest BCUT2D eigenvalue weighted by Crippen LogP contribution is -2.23. The second-order valence-electron chi connectivity index (χ2n) is 8.06. The van der Waals surface area contributed by atoms with E-state index in [0.29, 0.717) is 23.6 Å². The number of hydrogen-bond acceptors (Lipinski definition) is 6. The Kier molecular flexibility index (Phi) is 9.38. The van der Waals surface area contributed by atoms with Crippen molar-refractivity contribution in [2.24, 2.45) is 0 Å². The molecule has 33 heavy (non-hydrogen) atoms. The van der Waals surface area contributed by atoms with Crippen LogP contribution in [0.1, 0.15) is 73.7 Å². The van der Waals surface area contributed by atoms with Gasteiger partial charge in [-0.05, 0) is 69.7 Å². The molecule has 0 spiro atoms. The van der Waals surface area contributed by atoms with Crippen LogP contribution in [0.4, 0.5) is 10.7 Å². The fraction of sp³-hybridized carbons (Fsp3) is 0.480. The number of ether oxygens (including phenoxy) is 1. The van der Waals surface area contributed by atoms with Crippen molar-refractivity contribution in [1.82, 2.24) is 0 Å². The Morgan fingerprint density at radius 2 is 1.91 bits per heavy atom. The number of aryl methyl sites for hydroxylation is 1. The number of esters is 1. The van der Waals surface area contributed by atoms with Gasteiger partial charge in [0.2, 0.25) is 11.8 Å². The second kappa shape index (κ2) is 12.2. The number of amides is 2. The molecule has 6 nitrogen and oxygen atoms in total. The number of hydrogen-bond donors (Lipinski definition) is 2. The summed E-state index contributed by atoms with van der Waals surface area (Å²) >= 11 is 2.92. The van der Waals surface area contributed by atoms with Crippen LogP contribution in [0.3, 0.4) is 0 Å². The summed E-state index contributed by atoms with van der Waals surface area (Å²) in [7, 11) is 0. The molecule has 2 aromatic rings. The van der Waals surface area contributed by atoms with Crippen molar-refractivity contribution in [1.29, 1.82) is 0 Å². The minimum absolute atomic E-state index is 0.0191. The van der Waals surface area contributed by atoms with Crippen LogP contribution in [0.5, 0.6) is 0 Å². The Balaban J connectivity index is 1.72. The van der Waals surface area contributed by atoms with E-state index in [1.165, 1.54) is 28.0 Å². The van der Waals surface area contributed by atoms with Gasteiger partial charge in [0.25, 0.3) is 0 Å². The molecule has 1 aliphatic rings. The van der Waals surface area contributed by atoms with Crippen LogP contribution in [-0.4, -0.2) is 29.6 Å². The first-order valence-electron chi connectivity index (χ1n) is 11.6. The van der Waals surface area contributed by atoms with E-state index in [1.54, 1.807) is 6.92 Å². The molecule has 0 bridgehead atoms. The zero-order valence-electron chi connectivity index (χ0n) is 19.5. The molecule has 1 aliphatic carbocycles. The number of fused-ring (bicyclic) bond motifs is 1. The van der Waals surface area contributed by atoms with Crippen molar-refractivity contribution in [3.8, 4) is 0 Å². The van der Waals surface area contributed by atoms with Gasteiger partial charge in [0, 0.05) is 21.9 Å². The maximum absolute atomic E-state index is 13.0. The summed E-state index contributed by atoms with van der Waals surface area (Å²) in [5.41, 5.74) is 2.30. The lowest BCUT2D eigenvalue weighted by atomic mass is 10.1. The second-order valence-corrected chi connectivity index (χ2v) is 10.6. The average molecular weight is 489 g/mol. The molecular weight excluding hydrogens is 456 g/mol. The highest BCUT2D eigenvalue weighted by Gasteiger charge is 2.27. The maximum atomic E-state index is 13.0. The molecule has 0 saturated heterocycles. The predicted molar refractivity (Wildman–Crippen MR) is 135 cm³/mol. The highest BCUT2D eigenvalue weighted by molar-refractivity contribution is 8.00. The minimum atomic E-state index is -0.386. The number of carbonyl (C=O) groups is 3. The fourth-order valence-corrected chi connectivity index (χ4v) is 6.03. The molecule has 0 saturated carbocycles. The van der Waals surface area contributed by atoms with E-state index in [0.717, 1.165) is 54.7 Å². The number of anilines is 2. The number of thioether (sulfide) groups is 1. The molecule has 178 valence electrons. The van der Waals surface area contributed by atoms with Crippen molar-refractivity contribution in [3.63, 3.8) is 0 Å². The third-order valence-corrected chi connectivity index (χ3v) is 7.72. The fourth-order valence-electron chi connectivity index (χ4n) is 3.82. The Hall–Kier alpha value is -2.32. The molecule has 1 heterocycles. The Morgan fingerprint density at radius 1 is 1.12 bits per heavy atom. The van der Waals surface area contributed by atoms with E-state index in [1.807, 2.05) is 38.1 Å². The number of benzene rings is 1. The van der Waals surface area contributed by atoms with Crippen LogP contribution in [0, 0.1) is 0 Å². The molecule has 1 atom stereocenters. The summed E-state index contributed by atoms with van der Waals surface area (Å²) in [6, 6.07) is 7.50. The summed E-state index contributed by atoms with van der Waals surface area (Å²) in [5, 5.41) is 6.10. The molecule has 0 aliphatic heterocycles. The van der Waals surface area contributed by atoms with Gasteiger partial charge in [-0.3, -0.25) is 9.59 Å². The van der Waals surface area contributed by atoms with Gasteiger partial charge in [0.1, 0.15) is 5.00 Å². The maximum Gasteiger partial charge on any atom is 0.341 e. The zero-order valence-corrected chi connectivity index (χ0v) is 21.1. The van der Waals surface area contributed by atoms with Gasteiger partial charge in [0.05, 0.1) is 17.4 Å². The number of thiophene rings is 1. The first-order valence-corrected chi connectivity index (χ1v) is 13.3. The van der Waals surface area contributed by atoms with E-state index in [9.17, 15) is 14.4 Å². The minimum Gasteiger partial charge on any atom is -0.462 e. The van der Waals surface area contributed by atoms with Crippen molar-refractivity contribution >= 4 is 51.6 Å². The van der Waals surface area contributed by atoms with Crippen LogP contribution in [-0.2, 0) is 27.2 Å². The van der Waals surface area contributed by atoms with Gasteiger partial charge in [-0.1, -0.05) is 19.4 Å². The van der Waals surface area contributed by atoms with Gasteiger partial charge < -0.3 is 15.4 Å². The summed E-state index contributed by atoms with van der Waals surface area (Å²) in [6.45, 7) is 5.89. The quantitative estimate of drug-likeness (QED) is 0.255. The van der Waals surface area contributed by atoms with Gasteiger partial charge in [-0.25, -0.2) is 4.79 Å². The average Bonchev–Trinajstić information content (AvgIpc) is 2.94.